The Morgan fingerprint density at radius 2 is 1.80 bits per heavy atom. The van der Waals surface area contributed by atoms with Crippen LogP contribution in [0, 0.1) is 5.82 Å². The predicted octanol–water partition coefficient (Wildman–Crippen LogP) is 3.95. The van der Waals surface area contributed by atoms with Crippen LogP contribution in [-0.2, 0) is 11.3 Å². The van der Waals surface area contributed by atoms with E-state index < -0.39 is 0 Å². The molecule has 0 aromatic heterocycles. The van der Waals surface area contributed by atoms with E-state index in [1.165, 1.54) is 6.07 Å². The fraction of sp³-hybridized carbons (Fsp3) is 0.250. The smallest absolute Gasteiger partial charge is 0.246 e. The molecule has 3 rings (SSSR count). The topological polar surface area (TPSA) is 23.6 Å². The lowest BCUT2D eigenvalue weighted by molar-refractivity contribution is -0.127. The van der Waals surface area contributed by atoms with Gasteiger partial charge in [-0.3, -0.25) is 9.69 Å². The number of halogens is 2. The van der Waals surface area contributed by atoms with E-state index in [1.807, 2.05) is 41.3 Å². The molecule has 0 spiro atoms. The third-order valence-corrected chi connectivity index (χ3v) is 4.80. The van der Waals surface area contributed by atoms with Gasteiger partial charge >= 0.3 is 0 Å². The predicted molar refractivity (Wildman–Crippen MR) is 101 cm³/mol. The van der Waals surface area contributed by atoms with Crippen molar-refractivity contribution in [1.29, 1.82) is 0 Å². The first kappa shape index (κ1) is 17.8. The van der Waals surface area contributed by atoms with Gasteiger partial charge in [0.25, 0.3) is 0 Å². The normalized spacial score (nSPS) is 15.7. The number of piperazine rings is 1. The molecule has 1 fully saturated rings. The molecular formula is C20H20BrFN2O. The quantitative estimate of drug-likeness (QED) is 0.722. The number of rotatable bonds is 4. The van der Waals surface area contributed by atoms with Crippen LogP contribution < -0.4 is 0 Å². The van der Waals surface area contributed by atoms with Crippen LogP contribution in [0.1, 0.15) is 11.1 Å². The lowest BCUT2D eigenvalue weighted by Crippen LogP contribution is -2.47. The molecule has 2 aromatic carbocycles. The standard InChI is InChI=1S/C20H20BrFN2O/c21-18-7-4-16(5-8-18)6-9-20(25)24-12-10-23(11-13-24)15-17-2-1-3-19(22)14-17/h1-9,14H,10-13,15H2/b9-6+. The van der Waals surface area contributed by atoms with Crippen LogP contribution in [0.5, 0.6) is 0 Å². The number of nitrogens with zero attached hydrogens (tertiary/aromatic N) is 2. The van der Waals surface area contributed by atoms with Crippen LogP contribution in [0.3, 0.4) is 0 Å². The van der Waals surface area contributed by atoms with Gasteiger partial charge < -0.3 is 4.90 Å². The van der Waals surface area contributed by atoms with E-state index in [9.17, 15) is 9.18 Å². The molecule has 0 bridgehead atoms. The zero-order valence-corrected chi connectivity index (χ0v) is 15.5. The highest BCUT2D eigenvalue weighted by Crippen LogP contribution is 2.13. The molecule has 1 saturated heterocycles. The second-order valence-corrected chi connectivity index (χ2v) is 7.03. The molecule has 0 radical (unpaired) electrons. The average molecular weight is 403 g/mol. The van der Waals surface area contributed by atoms with Gasteiger partial charge in [0.05, 0.1) is 0 Å². The highest BCUT2D eigenvalue weighted by atomic mass is 79.9. The van der Waals surface area contributed by atoms with Gasteiger partial charge in [-0.15, -0.1) is 0 Å². The molecule has 3 nitrogen and oxygen atoms in total. The minimum atomic E-state index is -0.204. The van der Waals surface area contributed by atoms with Gasteiger partial charge in [-0.1, -0.05) is 40.2 Å². The maximum Gasteiger partial charge on any atom is 0.246 e. The Kier molecular flexibility index (Phi) is 6.00. The average Bonchev–Trinajstić information content (AvgIpc) is 2.62. The van der Waals surface area contributed by atoms with Gasteiger partial charge in [0.15, 0.2) is 0 Å². The molecule has 0 N–H and O–H groups in total. The maximum absolute atomic E-state index is 13.3. The van der Waals surface area contributed by atoms with Crippen molar-refractivity contribution in [3.8, 4) is 0 Å². The Morgan fingerprint density at radius 1 is 1.08 bits per heavy atom. The van der Waals surface area contributed by atoms with Crippen LogP contribution in [0.2, 0.25) is 0 Å². The summed E-state index contributed by atoms with van der Waals surface area (Å²) in [6, 6.07) is 14.5. The van der Waals surface area contributed by atoms with E-state index in [0.29, 0.717) is 19.6 Å². The van der Waals surface area contributed by atoms with Crippen LogP contribution >= 0.6 is 15.9 Å². The zero-order chi connectivity index (χ0) is 17.6. The fourth-order valence-electron chi connectivity index (χ4n) is 2.87. The first-order chi connectivity index (χ1) is 12.1. The molecule has 1 aliphatic rings. The molecule has 0 atom stereocenters. The van der Waals surface area contributed by atoms with Crippen molar-refractivity contribution in [1.82, 2.24) is 9.80 Å². The van der Waals surface area contributed by atoms with Crippen molar-refractivity contribution in [3.05, 3.63) is 76.0 Å². The zero-order valence-electron chi connectivity index (χ0n) is 13.9. The Hall–Kier alpha value is -1.98. The van der Waals surface area contributed by atoms with Gasteiger partial charge in [0, 0.05) is 43.3 Å². The molecule has 2 aromatic rings. The lowest BCUT2D eigenvalue weighted by atomic mass is 10.2. The summed E-state index contributed by atoms with van der Waals surface area (Å²) in [5.41, 5.74) is 1.97. The molecule has 0 aliphatic carbocycles. The van der Waals surface area contributed by atoms with Crippen LogP contribution in [0.4, 0.5) is 4.39 Å². The SMILES string of the molecule is O=C(/C=C/c1ccc(Br)cc1)N1CCN(Cc2cccc(F)c2)CC1. The van der Waals surface area contributed by atoms with E-state index in [0.717, 1.165) is 28.7 Å². The van der Waals surface area contributed by atoms with Crippen molar-refractivity contribution in [2.24, 2.45) is 0 Å². The van der Waals surface area contributed by atoms with Gasteiger partial charge in [-0.2, -0.15) is 0 Å². The van der Waals surface area contributed by atoms with Gasteiger partial charge in [-0.05, 0) is 41.5 Å². The molecule has 25 heavy (non-hydrogen) atoms. The van der Waals surface area contributed by atoms with Crippen molar-refractivity contribution >= 4 is 27.9 Å². The minimum Gasteiger partial charge on any atom is -0.337 e. The molecule has 130 valence electrons. The number of hydrogen-bond donors (Lipinski definition) is 0. The summed E-state index contributed by atoms with van der Waals surface area (Å²) in [5.74, 6) is -0.169. The van der Waals surface area contributed by atoms with Crippen LogP contribution in [-0.4, -0.2) is 41.9 Å². The lowest BCUT2D eigenvalue weighted by Gasteiger charge is -2.34. The van der Waals surface area contributed by atoms with E-state index in [2.05, 4.69) is 20.8 Å². The van der Waals surface area contributed by atoms with Gasteiger partial charge in [-0.25, -0.2) is 4.39 Å². The molecule has 1 amide bonds. The summed E-state index contributed by atoms with van der Waals surface area (Å²) in [7, 11) is 0. The van der Waals surface area contributed by atoms with E-state index in [4.69, 9.17) is 0 Å². The second-order valence-electron chi connectivity index (χ2n) is 6.12. The summed E-state index contributed by atoms with van der Waals surface area (Å²) in [5, 5.41) is 0. The fourth-order valence-corrected chi connectivity index (χ4v) is 3.13. The highest BCUT2D eigenvalue weighted by molar-refractivity contribution is 9.10. The number of carbonyl (C=O) groups excluding carboxylic acids is 1. The van der Waals surface area contributed by atoms with E-state index in [1.54, 1.807) is 18.2 Å². The Bertz CT molecular complexity index is 753. The monoisotopic (exact) mass is 402 g/mol. The summed E-state index contributed by atoms with van der Waals surface area (Å²) in [6.07, 6.45) is 3.47. The number of benzene rings is 2. The first-order valence-corrected chi connectivity index (χ1v) is 9.09. The molecule has 5 heteroatoms. The number of hydrogen-bond acceptors (Lipinski definition) is 2. The van der Waals surface area contributed by atoms with E-state index >= 15 is 0 Å². The Morgan fingerprint density at radius 3 is 2.48 bits per heavy atom. The van der Waals surface area contributed by atoms with Crippen LogP contribution in [0.15, 0.2) is 59.1 Å². The molecule has 0 unspecified atom stereocenters. The Balaban J connectivity index is 1.49. The summed E-state index contributed by atoms with van der Waals surface area (Å²) in [6.45, 7) is 3.70. The van der Waals surface area contributed by atoms with Crippen LogP contribution in [0.25, 0.3) is 6.08 Å². The van der Waals surface area contributed by atoms with Gasteiger partial charge in [0.2, 0.25) is 5.91 Å². The summed E-state index contributed by atoms with van der Waals surface area (Å²) >= 11 is 3.40. The molecule has 0 saturated carbocycles. The largest absolute Gasteiger partial charge is 0.337 e. The third-order valence-electron chi connectivity index (χ3n) is 4.27. The second kappa shape index (κ2) is 8.41. The molecule has 1 heterocycles. The maximum atomic E-state index is 13.3. The Labute approximate surface area is 155 Å². The molecular weight excluding hydrogens is 383 g/mol. The third kappa shape index (κ3) is 5.25. The molecule has 1 aliphatic heterocycles. The van der Waals surface area contributed by atoms with Gasteiger partial charge in [0.1, 0.15) is 5.82 Å². The van der Waals surface area contributed by atoms with Crippen molar-refractivity contribution in [3.63, 3.8) is 0 Å². The van der Waals surface area contributed by atoms with E-state index in [-0.39, 0.29) is 11.7 Å². The number of amides is 1. The van der Waals surface area contributed by atoms with Crippen molar-refractivity contribution in [2.45, 2.75) is 6.54 Å². The van der Waals surface area contributed by atoms with Crippen molar-refractivity contribution < 1.29 is 9.18 Å². The first-order valence-electron chi connectivity index (χ1n) is 8.29. The highest BCUT2D eigenvalue weighted by Gasteiger charge is 2.19. The summed E-state index contributed by atoms with van der Waals surface area (Å²) in [4.78, 5) is 16.4. The van der Waals surface area contributed by atoms with Crippen molar-refractivity contribution in [2.75, 3.05) is 26.2 Å². The minimum absolute atomic E-state index is 0.0355. The number of carbonyl (C=O) groups is 1. The summed E-state index contributed by atoms with van der Waals surface area (Å²) < 4.78 is 14.3.